The van der Waals surface area contributed by atoms with E-state index in [1.54, 1.807) is 0 Å². The lowest BCUT2D eigenvalue weighted by Crippen LogP contribution is -2.25. The predicted molar refractivity (Wildman–Crippen MR) is 80.0 cm³/mol. The molecular weight excluding hydrogens is 236 g/mol. The number of unbranched alkanes of at least 4 members (excludes halogenated alkanes) is 3. The van der Waals surface area contributed by atoms with Crippen LogP contribution >= 0.6 is 0 Å². The molecule has 0 unspecified atom stereocenters. The molecule has 1 aromatic carbocycles. The van der Waals surface area contributed by atoms with Gasteiger partial charge in [0.1, 0.15) is 0 Å². The molecule has 1 aromatic rings. The van der Waals surface area contributed by atoms with Gasteiger partial charge in [0.15, 0.2) is 0 Å². The van der Waals surface area contributed by atoms with Gasteiger partial charge in [0, 0.05) is 13.0 Å². The van der Waals surface area contributed by atoms with Crippen LogP contribution in [0.4, 0.5) is 0 Å². The Balaban J connectivity index is 2.09. The second kappa shape index (κ2) is 9.56. The number of benzene rings is 1. The van der Waals surface area contributed by atoms with E-state index in [2.05, 4.69) is 24.4 Å². The van der Waals surface area contributed by atoms with Crippen molar-refractivity contribution in [3.8, 4) is 0 Å². The minimum absolute atomic E-state index is 0.168. The fraction of sp³-hybridized carbons (Fsp3) is 0.562. The van der Waals surface area contributed by atoms with Gasteiger partial charge in [-0.25, -0.2) is 0 Å². The summed E-state index contributed by atoms with van der Waals surface area (Å²) in [4.78, 5) is 11.6. The van der Waals surface area contributed by atoms with Crippen LogP contribution in [0.2, 0.25) is 0 Å². The van der Waals surface area contributed by atoms with Gasteiger partial charge in [-0.05, 0) is 43.9 Å². The van der Waals surface area contributed by atoms with Gasteiger partial charge in [-0.3, -0.25) is 4.79 Å². The van der Waals surface area contributed by atoms with Crippen LogP contribution < -0.4 is 11.1 Å². The van der Waals surface area contributed by atoms with E-state index in [9.17, 15) is 4.79 Å². The number of amides is 1. The first-order valence-electron chi connectivity index (χ1n) is 7.25. The molecule has 0 spiro atoms. The summed E-state index contributed by atoms with van der Waals surface area (Å²) in [6, 6.07) is 8.31. The van der Waals surface area contributed by atoms with Crippen LogP contribution in [-0.2, 0) is 11.2 Å². The van der Waals surface area contributed by atoms with Gasteiger partial charge in [0.2, 0.25) is 5.91 Å². The zero-order valence-electron chi connectivity index (χ0n) is 12.0. The van der Waals surface area contributed by atoms with Crippen LogP contribution in [0.3, 0.4) is 0 Å². The van der Waals surface area contributed by atoms with E-state index >= 15 is 0 Å². The molecule has 106 valence electrons. The Hall–Kier alpha value is -1.35. The third-order valence-electron chi connectivity index (χ3n) is 3.34. The van der Waals surface area contributed by atoms with Crippen LogP contribution in [0, 0.1) is 6.92 Å². The van der Waals surface area contributed by atoms with Crippen molar-refractivity contribution in [1.29, 1.82) is 0 Å². The first kappa shape index (κ1) is 15.7. The maximum Gasteiger partial charge on any atom is 0.220 e. The molecule has 0 saturated heterocycles. The number of carbonyl (C=O) groups excluding carboxylic acids is 1. The summed E-state index contributed by atoms with van der Waals surface area (Å²) in [6.07, 6.45) is 5.81. The molecule has 0 aliphatic heterocycles. The lowest BCUT2D eigenvalue weighted by Gasteiger charge is -2.07. The van der Waals surface area contributed by atoms with E-state index in [0.29, 0.717) is 6.42 Å². The van der Waals surface area contributed by atoms with E-state index in [4.69, 9.17) is 5.73 Å². The van der Waals surface area contributed by atoms with Crippen molar-refractivity contribution >= 4 is 5.91 Å². The first-order chi connectivity index (χ1) is 9.24. The Bertz CT molecular complexity index is 377. The largest absolute Gasteiger partial charge is 0.356 e. The molecule has 0 aromatic heterocycles. The van der Waals surface area contributed by atoms with Crippen LogP contribution in [0.25, 0.3) is 0 Å². The third kappa shape index (κ3) is 6.97. The van der Waals surface area contributed by atoms with Crippen molar-refractivity contribution in [3.63, 3.8) is 0 Å². The van der Waals surface area contributed by atoms with E-state index in [-0.39, 0.29) is 5.91 Å². The molecule has 0 saturated carbocycles. The fourth-order valence-corrected chi connectivity index (χ4v) is 2.10. The predicted octanol–water partition coefficient (Wildman–Crippen LogP) is 2.56. The van der Waals surface area contributed by atoms with Crippen LogP contribution in [-0.4, -0.2) is 19.0 Å². The SMILES string of the molecule is Cc1ccccc1CCNC(=O)CCCCCCN. The van der Waals surface area contributed by atoms with Gasteiger partial charge in [-0.2, -0.15) is 0 Å². The first-order valence-corrected chi connectivity index (χ1v) is 7.25. The maximum atomic E-state index is 11.6. The van der Waals surface area contributed by atoms with E-state index < -0.39 is 0 Å². The standard InChI is InChI=1S/C16H26N2O/c1-14-8-5-6-9-15(14)11-13-18-16(19)10-4-2-3-7-12-17/h5-6,8-9H,2-4,7,10-13,17H2,1H3,(H,18,19). The molecule has 0 atom stereocenters. The lowest BCUT2D eigenvalue weighted by atomic mass is 10.1. The molecule has 1 amide bonds. The molecule has 0 radical (unpaired) electrons. The highest BCUT2D eigenvalue weighted by molar-refractivity contribution is 5.75. The van der Waals surface area contributed by atoms with E-state index in [1.807, 2.05) is 12.1 Å². The zero-order chi connectivity index (χ0) is 13.9. The summed E-state index contributed by atoms with van der Waals surface area (Å²) in [6.45, 7) is 3.59. The number of aryl methyl sites for hydroxylation is 1. The Kier molecular flexibility index (Phi) is 7.91. The maximum absolute atomic E-state index is 11.6. The number of hydrogen-bond acceptors (Lipinski definition) is 2. The van der Waals surface area contributed by atoms with Crippen LogP contribution in [0.1, 0.15) is 43.2 Å². The van der Waals surface area contributed by atoms with Gasteiger partial charge < -0.3 is 11.1 Å². The minimum atomic E-state index is 0.168. The number of nitrogens with two attached hydrogens (primary N) is 1. The molecule has 0 heterocycles. The average Bonchev–Trinajstić information content (AvgIpc) is 2.41. The Labute approximate surface area is 116 Å². The number of nitrogens with one attached hydrogen (secondary N) is 1. The zero-order valence-corrected chi connectivity index (χ0v) is 12.0. The highest BCUT2D eigenvalue weighted by Crippen LogP contribution is 2.07. The van der Waals surface area contributed by atoms with Gasteiger partial charge in [0.25, 0.3) is 0 Å². The Morgan fingerprint density at radius 2 is 1.89 bits per heavy atom. The lowest BCUT2D eigenvalue weighted by molar-refractivity contribution is -0.121. The molecule has 3 N–H and O–H groups in total. The molecule has 0 bridgehead atoms. The Morgan fingerprint density at radius 3 is 2.63 bits per heavy atom. The van der Waals surface area contributed by atoms with Gasteiger partial charge >= 0.3 is 0 Å². The summed E-state index contributed by atoms with van der Waals surface area (Å²) in [5.41, 5.74) is 8.03. The van der Waals surface area contributed by atoms with E-state index in [0.717, 1.165) is 45.2 Å². The summed E-state index contributed by atoms with van der Waals surface area (Å²) in [7, 11) is 0. The van der Waals surface area contributed by atoms with Crippen LogP contribution in [0.15, 0.2) is 24.3 Å². The highest BCUT2D eigenvalue weighted by atomic mass is 16.1. The molecule has 0 fully saturated rings. The normalized spacial score (nSPS) is 10.4. The van der Waals surface area contributed by atoms with Gasteiger partial charge in [-0.1, -0.05) is 37.1 Å². The number of hydrogen-bond donors (Lipinski definition) is 2. The van der Waals surface area contributed by atoms with E-state index in [1.165, 1.54) is 11.1 Å². The summed E-state index contributed by atoms with van der Waals surface area (Å²) in [5.74, 6) is 0.168. The molecule has 3 heteroatoms. The summed E-state index contributed by atoms with van der Waals surface area (Å²) < 4.78 is 0. The molecule has 19 heavy (non-hydrogen) atoms. The second-order valence-corrected chi connectivity index (χ2v) is 4.98. The molecular formula is C16H26N2O. The number of carbonyl (C=O) groups is 1. The van der Waals surface area contributed by atoms with Gasteiger partial charge in [0.05, 0.1) is 0 Å². The second-order valence-electron chi connectivity index (χ2n) is 4.98. The van der Waals surface area contributed by atoms with Crippen molar-refractivity contribution < 1.29 is 4.79 Å². The average molecular weight is 262 g/mol. The molecule has 0 aliphatic carbocycles. The summed E-state index contributed by atoms with van der Waals surface area (Å²) in [5, 5.41) is 2.99. The van der Waals surface area contributed by atoms with Crippen LogP contribution in [0.5, 0.6) is 0 Å². The molecule has 1 rings (SSSR count). The Morgan fingerprint density at radius 1 is 1.16 bits per heavy atom. The molecule has 0 aliphatic rings. The smallest absolute Gasteiger partial charge is 0.220 e. The van der Waals surface area contributed by atoms with Crippen molar-refractivity contribution in [3.05, 3.63) is 35.4 Å². The van der Waals surface area contributed by atoms with Crippen molar-refractivity contribution in [1.82, 2.24) is 5.32 Å². The summed E-state index contributed by atoms with van der Waals surface area (Å²) >= 11 is 0. The third-order valence-corrected chi connectivity index (χ3v) is 3.34. The van der Waals surface area contributed by atoms with Crippen molar-refractivity contribution in [2.24, 2.45) is 5.73 Å². The van der Waals surface area contributed by atoms with Gasteiger partial charge in [-0.15, -0.1) is 0 Å². The number of rotatable bonds is 9. The quantitative estimate of drug-likeness (QED) is 0.672. The minimum Gasteiger partial charge on any atom is -0.356 e. The topological polar surface area (TPSA) is 55.1 Å². The van der Waals surface area contributed by atoms with Crippen molar-refractivity contribution in [2.45, 2.75) is 45.4 Å². The highest BCUT2D eigenvalue weighted by Gasteiger charge is 2.01. The monoisotopic (exact) mass is 262 g/mol. The fourth-order valence-electron chi connectivity index (χ4n) is 2.10. The molecule has 3 nitrogen and oxygen atoms in total. The van der Waals surface area contributed by atoms with Crippen molar-refractivity contribution in [2.75, 3.05) is 13.1 Å².